The number of carboxylic acid groups (broad SMARTS) is 1. The molecule has 0 aliphatic heterocycles. The van der Waals surface area contributed by atoms with Crippen LogP contribution >= 0.6 is 11.8 Å². The average Bonchev–Trinajstić information content (AvgIpc) is 3.16. The third-order valence-electron chi connectivity index (χ3n) is 10.0. The maximum Gasteiger partial charge on any atom is 0.407 e. The summed E-state index contributed by atoms with van der Waals surface area (Å²) >= 11 is 1.25. The Kier molecular flexibility index (Phi) is 39.8. The number of carbonyl (C=O) groups excluding carboxylic acids is 3. The predicted octanol–water partition coefficient (Wildman–Crippen LogP) is 11.9. The van der Waals surface area contributed by atoms with Gasteiger partial charge >= 0.3 is 18.2 Å². The normalized spacial score (nSPS) is 12.2. The fourth-order valence-corrected chi connectivity index (χ4v) is 7.51. The van der Waals surface area contributed by atoms with Crippen molar-refractivity contribution in [1.82, 2.24) is 16.0 Å². The largest absolute Gasteiger partial charge is 0.480 e. The molecule has 0 aromatic carbocycles. The molecule has 0 heterocycles. The third-order valence-corrected chi connectivity index (χ3v) is 11.2. The Bertz CT molecular complexity index is 911. The molecule has 0 rings (SSSR count). The molecule has 2 atom stereocenters. The monoisotopic (exact) mass is 800 g/mol. The molecule has 55 heavy (non-hydrogen) atoms. The summed E-state index contributed by atoms with van der Waals surface area (Å²) in [4.78, 5) is 49.6. The van der Waals surface area contributed by atoms with Crippen molar-refractivity contribution in [2.24, 2.45) is 0 Å². The van der Waals surface area contributed by atoms with Gasteiger partial charge in [0.05, 0.1) is 0 Å². The number of carboxylic acids is 1. The van der Waals surface area contributed by atoms with Crippen LogP contribution in [0.4, 0.5) is 9.59 Å². The SMILES string of the molecule is CCCCCCCCCCCCCCCC(=O)NC(CSCC(COC(=O)NCCCCCCCCCC)OC(=O)NCCCCCCCCCC)C(=O)O. The van der Waals surface area contributed by atoms with Crippen molar-refractivity contribution in [2.45, 2.75) is 226 Å². The van der Waals surface area contributed by atoms with Crippen molar-refractivity contribution in [3.8, 4) is 0 Å². The highest BCUT2D eigenvalue weighted by Crippen LogP contribution is 2.15. The van der Waals surface area contributed by atoms with E-state index in [1.165, 1.54) is 140 Å². The Labute approximate surface area is 341 Å². The standard InChI is InChI=1S/C44H85N3O7S/c1-4-7-10-13-16-19-20-21-22-23-24-27-30-33-41(48)47-40(42(49)50)38-55-37-39(54-44(52)46-35-32-29-26-18-15-12-9-6-3)36-53-43(51)45-34-31-28-25-17-14-11-8-5-2/h39-40H,4-38H2,1-3H3,(H,45,51)(H,46,52)(H,47,48)(H,49,50). The molecular formula is C44H85N3O7S. The first kappa shape index (κ1) is 52.8. The number of ether oxygens (including phenoxy) is 2. The van der Waals surface area contributed by atoms with Gasteiger partial charge in [-0.05, 0) is 19.3 Å². The molecule has 4 N–H and O–H groups in total. The van der Waals surface area contributed by atoms with Crippen LogP contribution in [0.3, 0.4) is 0 Å². The van der Waals surface area contributed by atoms with Crippen LogP contribution in [0, 0.1) is 0 Å². The van der Waals surface area contributed by atoms with Crippen LogP contribution in [0.1, 0.15) is 213 Å². The van der Waals surface area contributed by atoms with E-state index >= 15 is 0 Å². The molecule has 0 radical (unpaired) electrons. The average molecular weight is 800 g/mol. The van der Waals surface area contributed by atoms with Crippen LogP contribution in [-0.2, 0) is 19.1 Å². The number of carbonyl (C=O) groups is 4. The van der Waals surface area contributed by atoms with E-state index in [2.05, 4.69) is 36.7 Å². The Balaban J connectivity index is 4.57. The van der Waals surface area contributed by atoms with Gasteiger partial charge in [-0.3, -0.25) is 4.79 Å². The van der Waals surface area contributed by atoms with Gasteiger partial charge in [-0.2, -0.15) is 11.8 Å². The third kappa shape index (κ3) is 38.5. The first-order chi connectivity index (χ1) is 26.8. The predicted molar refractivity (Wildman–Crippen MR) is 230 cm³/mol. The zero-order valence-electron chi connectivity index (χ0n) is 35.7. The number of nitrogens with one attached hydrogen (secondary N) is 3. The smallest absolute Gasteiger partial charge is 0.407 e. The van der Waals surface area contributed by atoms with Crippen LogP contribution in [0.5, 0.6) is 0 Å². The Morgan fingerprint density at radius 1 is 0.509 bits per heavy atom. The van der Waals surface area contributed by atoms with Crippen molar-refractivity contribution < 1.29 is 33.8 Å². The van der Waals surface area contributed by atoms with Crippen LogP contribution < -0.4 is 16.0 Å². The highest BCUT2D eigenvalue weighted by atomic mass is 32.2. The van der Waals surface area contributed by atoms with Crippen molar-refractivity contribution >= 4 is 35.8 Å². The number of alkyl carbamates (subject to hydrolysis) is 2. The minimum absolute atomic E-state index is 0.101. The number of amides is 3. The highest BCUT2D eigenvalue weighted by Gasteiger charge is 2.23. The van der Waals surface area contributed by atoms with E-state index in [0.29, 0.717) is 19.5 Å². The van der Waals surface area contributed by atoms with Gasteiger partial charge in [0, 0.05) is 31.0 Å². The lowest BCUT2D eigenvalue weighted by molar-refractivity contribution is -0.141. The lowest BCUT2D eigenvalue weighted by Crippen LogP contribution is -2.43. The number of hydrogen-bond acceptors (Lipinski definition) is 7. The van der Waals surface area contributed by atoms with Crippen LogP contribution in [0.25, 0.3) is 0 Å². The van der Waals surface area contributed by atoms with Gasteiger partial charge in [-0.25, -0.2) is 14.4 Å². The molecule has 0 aliphatic rings. The van der Waals surface area contributed by atoms with Crippen molar-refractivity contribution in [2.75, 3.05) is 31.2 Å². The van der Waals surface area contributed by atoms with E-state index in [0.717, 1.165) is 57.8 Å². The molecule has 0 aliphatic carbocycles. The second kappa shape index (κ2) is 41.5. The maximum atomic E-state index is 12.6. The molecule has 2 unspecified atom stereocenters. The summed E-state index contributed by atoms with van der Waals surface area (Å²) in [6.07, 6.45) is 32.9. The Morgan fingerprint density at radius 2 is 0.891 bits per heavy atom. The fraction of sp³-hybridized carbons (Fsp3) is 0.909. The van der Waals surface area contributed by atoms with E-state index in [4.69, 9.17) is 9.47 Å². The number of unbranched alkanes of at least 4 members (excludes halogenated alkanes) is 26. The zero-order valence-corrected chi connectivity index (χ0v) is 36.5. The summed E-state index contributed by atoms with van der Waals surface area (Å²) in [5.74, 6) is -1.05. The molecule has 0 aromatic rings. The van der Waals surface area contributed by atoms with Gasteiger partial charge in [-0.1, -0.05) is 188 Å². The summed E-state index contributed by atoms with van der Waals surface area (Å²) in [6, 6.07) is -1.06. The number of hydrogen-bond donors (Lipinski definition) is 4. The lowest BCUT2D eigenvalue weighted by atomic mass is 10.0. The molecule has 324 valence electrons. The van der Waals surface area contributed by atoms with Crippen molar-refractivity contribution in [3.63, 3.8) is 0 Å². The molecule has 0 saturated heterocycles. The molecule has 0 spiro atoms. The fourth-order valence-electron chi connectivity index (χ4n) is 6.49. The van der Waals surface area contributed by atoms with E-state index < -0.39 is 30.3 Å². The van der Waals surface area contributed by atoms with E-state index in [1.54, 1.807) is 0 Å². The summed E-state index contributed by atoms with van der Waals surface area (Å²) in [5, 5.41) is 18.0. The first-order valence-corrected chi connectivity index (χ1v) is 23.9. The minimum atomic E-state index is -1.11. The quantitative estimate of drug-likeness (QED) is 0.0448. The van der Waals surface area contributed by atoms with Gasteiger partial charge in [0.15, 0.2) is 0 Å². The van der Waals surface area contributed by atoms with Crippen LogP contribution in [0.2, 0.25) is 0 Å². The second-order valence-electron chi connectivity index (χ2n) is 15.4. The number of aliphatic carboxylic acids is 1. The Morgan fingerprint density at radius 3 is 1.31 bits per heavy atom. The zero-order chi connectivity index (χ0) is 40.5. The maximum absolute atomic E-state index is 12.6. The lowest BCUT2D eigenvalue weighted by Gasteiger charge is -2.20. The van der Waals surface area contributed by atoms with Crippen LogP contribution in [-0.4, -0.2) is 72.5 Å². The molecule has 11 heteroatoms. The van der Waals surface area contributed by atoms with Gasteiger partial charge in [0.25, 0.3) is 0 Å². The van der Waals surface area contributed by atoms with E-state index in [9.17, 15) is 24.3 Å². The topological polar surface area (TPSA) is 143 Å². The van der Waals surface area contributed by atoms with Gasteiger partial charge in [0.1, 0.15) is 18.8 Å². The molecule has 0 saturated carbocycles. The van der Waals surface area contributed by atoms with Crippen molar-refractivity contribution in [3.05, 3.63) is 0 Å². The second-order valence-corrected chi connectivity index (χ2v) is 16.5. The minimum Gasteiger partial charge on any atom is -0.480 e. The molecule has 3 amide bonds. The molecular weight excluding hydrogens is 715 g/mol. The van der Waals surface area contributed by atoms with E-state index in [-0.39, 0.29) is 24.0 Å². The van der Waals surface area contributed by atoms with Gasteiger partial charge in [-0.15, -0.1) is 0 Å². The number of thioether (sulfide) groups is 1. The van der Waals surface area contributed by atoms with Gasteiger partial charge < -0.3 is 30.5 Å². The highest BCUT2D eigenvalue weighted by molar-refractivity contribution is 7.99. The van der Waals surface area contributed by atoms with Crippen LogP contribution in [0.15, 0.2) is 0 Å². The molecule has 0 fully saturated rings. The first-order valence-electron chi connectivity index (χ1n) is 22.8. The number of rotatable bonds is 41. The Hall–Kier alpha value is -2.17. The summed E-state index contributed by atoms with van der Waals surface area (Å²) in [5.41, 5.74) is 0. The summed E-state index contributed by atoms with van der Waals surface area (Å²) in [6.45, 7) is 7.54. The van der Waals surface area contributed by atoms with E-state index in [1.807, 2.05) is 0 Å². The van der Waals surface area contributed by atoms with Crippen molar-refractivity contribution in [1.29, 1.82) is 0 Å². The summed E-state index contributed by atoms with van der Waals surface area (Å²) in [7, 11) is 0. The molecule has 10 nitrogen and oxygen atoms in total. The molecule has 0 bridgehead atoms. The molecule has 0 aromatic heterocycles. The van der Waals surface area contributed by atoms with Gasteiger partial charge in [0.2, 0.25) is 5.91 Å². The summed E-state index contributed by atoms with van der Waals surface area (Å²) < 4.78 is 11.0.